The molecule has 3 aromatic carbocycles. The molecule has 12 heteroatoms. The predicted octanol–water partition coefficient (Wildman–Crippen LogP) is 6.40. The highest BCUT2D eigenvalue weighted by Crippen LogP contribution is 2.33. The Labute approximate surface area is 239 Å². The van der Waals surface area contributed by atoms with E-state index >= 15 is 0 Å². The second-order valence-corrected chi connectivity index (χ2v) is 12.2. The number of ketones is 1. The molecule has 0 aromatic heterocycles. The molecule has 3 aromatic rings. The monoisotopic (exact) mass is 612 g/mol. The Bertz CT molecular complexity index is 1320. The third-order valence-electron chi connectivity index (χ3n) is 5.41. The van der Waals surface area contributed by atoms with E-state index in [4.69, 9.17) is 0 Å². The fourth-order valence-corrected chi connectivity index (χ4v) is 5.71. The number of Topliss-reactive ketones (excluding diaryl/α,β-unsaturated/α-hetero) is 1. The lowest BCUT2D eigenvalue weighted by Crippen LogP contribution is -2.47. The maximum absolute atomic E-state index is 13.7. The molecule has 0 aliphatic heterocycles. The van der Waals surface area contributed by atoms with Crippen LogP contribution < -0.4 is 0 Å². The van der Waals surface area contributed by atoms with E-state index in [1.165, 1.54) is 14.7 Å². The van der Waals surface area contributed by atoms with Crippen molar-refractivity contribution in [2.75, 3.05) is 0 Å². The minimum Gasteiger partial charge on any atom is -0.743 e. The van der Waals surface area contributed by atoms with Gasteiger partial charge in [0, 0.05) is 5.57 Å². The maximum Gasteiger partial charge on any atom is 0.341 e. The number of halogens is 4. The molecule has 6 nitrogen and oxygen atoms in total. The zero-order chi connectivity index (χ0) is 30.8. The third-order valence-corrected chi connectivity index (χ3v) is 8.52. The zero-order valence-electron chi connectivity index (χ0n) is 22.1. The van der Waals surface area contributed by atoms with Crippen LogP contribution in [0, 0.1) is 0 Å². The molecule has 0 spiro atoms. The molecule has 0 aliphatic rings. The average Bonchev–Trinajstić information content (AvgIpc) is 2.93. The number of benzene rings is 3. The summed E-state index contributed by atoms with van der Waals surface area (Å²) in [6.45, 7) is 5.33. The average molecular weight is 613 g/mol. The molecule has 0 saturated carbocycles. The van der Waals surface area contributed by atoms with Crippen molar-refractivity contribution in [1.29, 1.82) is 0 Å². The third kappa shape index (κ3) is 9.27. The molecule has 1 atom stereocenters. The Morgan fingerprint density at radius 3 is 1.51 bits per heavy atom. The topological polar surface area (TPSA) is 101 Å². The van der Waals surface area contributed by atoms with Crippen LogP contribution in [-0.2, 0) is 35.3 Å². The first-order chi connectivity index (χ1) is 19.1. The van der Waals surface area contributed by atoms with Gasteiger partial charge in [-0.15, -0.1) is 0 Å². The Hall–Kier alpha value is -3.48. The molecule has 0 heterocycles. The number of carbonyl (C=O) groups excluding carboxylic acids is 2. The standard InChI is InChI=1S/C18H15S.C11H14F4O6S/c1-4-10-16(11-5-1)19(17-12-6-2-7-13-17)18-14-8-3-9-15-18;1-4-8(21-9(17)6(2)3)11(14,15)7(16)5-10(12,13)22(18,19)20/h1-15H;8H,2,4-5H2,1,3H3,(H,18,19,20)/q+1;/p-1. The fraction of sp³-hybridized carbons (Fsp3) is 0.241. The summed E-state index contributed by atoms with van der Waals surface area (Å²) in [5, 5.41) is -5.19. The minimum atomic E-state index is -6.29. The van der Waals surface area contributed by atoms with Gasteiger partial charge in [0.25, 0.3) is 0 Å². The van der Waals surface area contributed by atoms with Crippen molar-refractivity contribution < 1.29 is 44.9 Å². The number of rotatable bonds is 11. The van der Waals surface area contributed by atoms with Gasteiger partial charge in [0.1, 0.15) is 0 Å². The largest absolute Gasteiger partial charge is 0.743 e. The number of carbonyl (C=O) groups is 2. The van der Waals surface area contributed by atoms with Gasteiger partial charge in [0.15, 0.2) is 30.9 Å². The predicted molar refractivity (Wildman–Crippen MR) is 146 cm³/mol. The highest BCUT2D eigenvalue weighted by molar-refractivity contribution is 7.97. The summed E-state index contributed by atoms with van der Waals surface area (Å²) < 4.78 is 88.2. The van der Waals surface area contributed by atoms with Gasteiger partial charge in [-0.05, 0) is 49.7 Å². The van der Waals surface area contributed by atoms with Crippen LogP contribution in [0.5, 0.6) is 0 Å². The molecule has 0 radical (unpaired) electrons. The summed E-state index contributed by atoms with van der Waals surface area (Å²) in [7, 11) is -6.30. The van der Waals surface area contributed by atoms with Crippen LogP contribution in [0.1, 0.15) is 26.7 Å². The van der Waals surface area contributed by atoms with Crippen molar-refractivity contribution in [2.24, 2.45) is 0 Å². The second-order valence-electron chi connectivity index (χ2n) is 8.64. The number of ether oxygens (including phenoxy) is 1. The number of hydrogen-bond donors (Lipinski definition) is 0. The van der Waals surface area contributed by atoms with Crippen molar-refractivity contribution >= 4 is 32.8 Å². The van der Waals surface area contributed by atoms with Crippen LogP contribution in [0.25, 0.3) is 0 Å². The fourth-order valence-electron chi connectivity index (χ4n) is 3.29. The quantitative estimate of drug-likeness (QED) is 0.0817. The van der Waals surface area contributed by atoms with Crippen molar-refractivity contribution in [3.63, 3.8) is 0 Å². The molecule has 1 unspecified atom stereocenters. The van der Waals surface area contributed by atoms with Crippen molar-refractivity contribution in [3.05, 3.63) is 103 Å². The van der Waals surface area contributed by atoms with Gasteiger partial charge < -0.3 is 9.29 Å². The van der Waals surface area contributed by atoms with Crippen molar-refractivity contribution in [3.8, 4) is 0 Å². The zero-order valence-corrected chi connectivity index (χ0v) is 23.8. The molecule has 0 aliphatic carbocycles. The maximum atomic E-state index is 13.7. The van der Waals surface area contributed by atoms with Gasteiger partial charge in [-0.25, -0.2) is 13.2 Å². The summed E-state index contributed by atoms with van der Waals surface area (Å²) in [5.41, 5.74) is -0.269. The molecule has 0 bridgehead atoms. The number of alkyl halides is 4. The summed E-state index contributed by atoms with van der Waals surface area (Å²) in [6.07, 6.45) is -5.53. The summed E-state index contributed by atoms with van der Waals surface area (Å²) >= 11 is 0. The first-order valence-electron chi connectivity index (χ1n) is 12.1. The highest BCUT2D eigenvalue weighted by Gasteiger charge is 2.53. The lowest BCUT2D eigenvalue weighted by atomic mass is 10.0. The Kier molecular flexibility index (Phi) is 11.9. The van der Waals surface area contributed by atoms with Crippen molar-refractivity contribution in [2.45, 2.75) is 58.7 Å². The van der Waals surface area contributed by atoms with Crippen LogP contribution in [0.2, 0.25) is 0 Å². The van der Waals surface area contributed by atoms with Gasteiger partial charge >= 0.3 is 17.1 Å². The molecule has 0 saturated heterocycles. The van der Waals surface area contributed by atoms with E-state index in [1.54, 1.807) is 0 Å². The van der Waals surface area contributed by atoms with Crippen LogP contribution >= 0.6 is 0 Å². The Morgan fingerprint density at radius 2 is 1.22 bits per heavy atom. The first kappa shape index (κ1) is 33.7. The van der Waals surface area contributed by atoms with Gasteiger partial charge in [0.05, 0.1) is 17.3 Å². The molecule has 0 N–H and O–H groups in total. The lowest BCUT2D eigenvalue weighted by molar-refractivity contribution is -0.180. The Morgan fingerprint density at radius 1 is 0.854 bits per heavy atom. The minimum absolute atomic E-state index is 0.0146. The van der Waals surface area contributed by atoms with Gasteiger partial charge in [-0.2, -0.15) is 17.6 Å². The molecular formula is C29H28F4O6S2. The second kappa shape index (κ2) is 14.4. The Balaban J connectivity index is 0.000000288. The molecule has 3 rings (SSSR count). The first-order valence-corrected chi connectivity index (χ1v) is 14.8. The number of esters is 1. The van der Waals surface area contributed by atoms with E-state index in [0.717, 1.165) is 13.8 Å². The summed E-state index contributed by atoms with van der Waals surface area (Å²) in [6, 6.07) is 32.2. The van der Waals surface area contributed by atoms with E-state index < -0.39 is 52.0 Å². The molecule has 41 heavy (non-hydrogen) atoms. The van der Waals surface area contributed by atoms with Gasteiger partial charge in [0.2, 0.25) is 5.78 Å². The van der Waals surface area contributed by atoms with E-state index in [2.05, 4.69) is 102 Å². The molecule has 0 fully saturated rings. The van der Waals surface area contributed by atoms with E-state index in [-0.39, 0.29) is 16.5 Å². The molecule has 0 amide bonds. The molecule has 220 valence electrons. The van der Waals surface area contributed by atoms with Gasteiger partial charge in [-0.1, -0.05) is 68.1 Å². The molecular weight excluding hydrogens is 584 g/mol. The summed E-state index contributed by atoms with van der Waals surface area (Å²) in [4.78, 5) is 26.5. The van der Waals surface area contributed by atoms with Crippen LogP contribution in [0.3, 0.4) is 0 Å². The van der Waals surface area contributed by atoms with Crippen LogP contribution in [0.15, 0.2) is 118 Å². The summed E-state index contributed by atoms with van der Waals surface area (Å²) in [5.74, 6) is -8.39. The van der Waals surface area contributed by atoms with Crippen molar-refractivity contribution in [1.82, 2.24) is 0 Å². The SMILES string of the molecule is C=C(C)C(=O)OC(CC)C(F)(F)C(=O)CC(F)(F)S(=O)(=O)[O-].c1ccc([S+](c2ccccc2)c2ccccc2)cc1. The lowest BCUT2D eigenvalue weighted by Gasteiger charge is -2.27. The smallest absolute Gasteiger partial charge is 0.341 e. The van der Waals surface area contributed by atoms with E-state index in [9.17, 15) is 40.1 Å². The normalized spacial score (nSPS) is 12.6. The van der Waals surface area contributed by atoms with Crippen LogP contribution in [0.4, 0.5) is 17.6 Å². The van der Waals surface area contributed by atoms with Gasteiger partial charge in [-0.3, -0.25) is 4.79 Å². The van der Waals surface area contributed by atoms with E-state index in [1.807, 2.05) is 0 Å². The highest BCUT2D eigenvalue weighted by atomic mass is 32.2. The number of hydrogen-bond acceptors (Lipinski definition) is 6. The van der Waals surface area contributed by atoms with E-state index in [0.29, 0.717) is 0 Å². The van der Waals surface area contributed by atoms with Crippen LogP contribution in [-0.4, -0.2) is 42.0 Å².